The summed E-state index contributed by atoms with van der Waals surface area (Å²) in [4.78, 5) is 17.5. The van der Waals surface area contributed by atoms with Gasteiger partial charge in [0.1, 0.15) is 23.1 Å². The van der Waals surface area contributed by atoms with Gasteiger partial charge in [-0.2, -0.15) is 4.98 Å². The third-order valence-corrected chi connectivity index (χ3v) is 4.75. The Balaban J connectivity index is 1.87. The number of ether oxygens (including phenoxy) is 2. The first-order valence-electron chi connectivity index (χ1n) is 9.38. The summed E-state index contributed by atoms with van der Waals surface area (Å²) in [5.74, 6) is 1.12. The Hall–Kier alpha value is -3.10. The highest BCUT2D eigenvalue weighted by Crippen LogP contribution is 2.30. The molecule has 158 valence electrons. The monoisotopic (exact) mass is 430 g/mol. The molecule has 0 unspecified atom stereocenters. The van der Waals surface area contributed by atoms with Gasteiger partial charge in [0.25, 0.3) is 5.91 Å². The summed E-state index contributed by atoms with van der Waals surface area (Å²) in [6.07, 6.45) is 1.19. The predicted octanol–water partition coefficient (Wildman–Crippen LogP) is 3.62. The molecule has 8 nitrogen and oxygen atoms in total. The Kier molecular flexibility index (Phi) is 7.26. The SMILES string of the molecule is COc1cccc(OC)c1C(=O)N[C@@H](CCCN)c1nc(-c2ccc(Cl)cc2)no1. The van der Waals surface area contributed by atoms with Crippen molar-refractivity contribution in [3.63, 3.8) is 0 Å². The Morgan fingerprint density at radius 1 is 1.17 bits per heavy atom. The van der Waals surface area contributed by atoms with E-state index in [4.69, 9.17) is 31.3 Å². The van der Waals surface area contributed by atoms with E-state index >= 15 is 0 Å². The highest BCUT2D eigenvalue weighted by molar-refractivity contribution is 6.30. The molecule has 1 atom stereocenters. The van der Waals surface area contributed by atoms with E-state index in [-0.39, 0.29) is 17.4 Å². The molecule has 0 bridgehead atoms. The Labute approximate surface area is 179 Å². The minimum Gasteiger partial charge on any atom is -0.496 e. The maximum Gasteiger partial charge on any atom is 0.259 e. The first-order valence-corrected chi connectivity index (χ1v) is 9.76. The van der Waals surface area contributed by atoms with E-state index in [1.54, 1.807) is 42.5 Å². The van der Waals surface area contributed by atoms with E-state index in [1.807, 2.05) is 0 Å². The summed E-state index contributed by atoms with van der Waals surface area (Å²) in [6, 6.07) is 11.7. The molecule has 0 aliphatic carbocycles. The van der Waals surface area contributed by atoms with Crippen LogP contribution < -0.4 is 20.5 Å². The van der Waals surface area contributed by atoms with Crippen LogP contribution in [0.1, 0.15) is 35.1 Å². The molecule has 3 rings (SSSR count). The maximum atomic E-state index is 13.1. The summed E-state index contributed by atoms with van der Waals surface area (Å²) >= 11 is 5.93. The fourth-order valence-electron chi connectivity index (χ4n) is 2.98. The van der Waals surface area contributed by atoms with Gasteiger partial charge in [0, 0.05) is 10.6 Å². The number of nitrogens with zero attached hydrogens (tertiary/aromatic N) is 2. The lowest BCUT2D eigenvalue weighted by molar-refractivity contribution is 0.0919. The van der Waals surface area contributed by atoms with Crippen molar-refractivity contribution >= 4 is 17.5 Å². The number of benzene rings is 2. The highest BCUT2D eigenvalue weighted by atomic mass is 35.5. The third-order valence-electron chi connectivity index (χ3n) is 4.50. The number of carbonyl (C=O) groups excluding carboxylic acids is 1. The zero-order chi connectivity index (χ0) is 21.5. The Bertz CT molecular complexity index is 969. The molecule has 0 aliphatic heterocycles. The normalized spacial score (nSPS) is 11.7. The molecular weight excluding hydrogens is 408 g/mol. The quantitative estimate of drug-likeness (QED) is 0.533. The minimum absolute atomic E-state index is 0.288. The van der Waals surface area contributed by atoms with Crippen LogP contribution in [-0.4, -0.2) is 36.8 Å². The summed E-state index contributed by atoms with van der Waals surface area (Å²) in [6.45, 7) is 0.461. The number of halogens is 1. The number of aromatic nitrogens is 2. The average Bonchev–Trinajstić information content (AvgIpc) is 3.26. The van der Waals surface area contributed by atoms with Crippen LogP contribution in [-0.2, 0) is 0 Å². The van der Waals surface area contributed by atoms with Crippen LogP contribution >= 0.6 is 11.6 Å². The molecule has 1 aromatic heterocycles. The fourth-order valence-corrected chi connectivity index (χ4v) is 3.10. The minimum atomic E-state index is -0.524. The largest absolute Gasteiger partial charge is 0.496 e. The van der Waals surface area contributed by atoms with Gasteiger partial charge in [-0.15, -0.1) is 0 Å². The number of carbonyl (C=O) groups is 1. The highest BCUT2D eigenvalue weighted by Gasteiger charge is 2.25. The van der Waals surface area contributed by atoms with E-state index in [2.05, 4.69) is 15.5 Å². The van der Waals surface area contributed by atoms with Crippen LogP contribution in [0.3, 0.4) is 0 Å². The zero-order valence-corrected chi connectivity index (χ0v) is 17.5. The number of amides is 1. The second kappa shape index (κ2) is 10.1. The van der Waals surface area contributed by atoms with Gasteiger partial charge in [-0.25, -0.2) is 0 Å². The van der Waals surface area contributed by atoms with Gasteiger partial charge in [-0.3, -0.25) is 4.79 Å². The fraction of sp³-hybridized carbons (Fsp3) is 0.286. The number of rotatable bonds is 9. The summed E-state index contributed by atoms with van der Waals surface area (Å²) < 4.78 is 16.1. The maximum absolute atomic E-state index is 13.1. The van der Waals surface area contributed by atoms with Crippen LogP contribution in [0.15, 0.2) is 47.0 Å². The van der Waals surface area contributed by atoms with Crippen molar-refractivity contribution in [2.75, 3.05) is 20.8 Å². The van der Waals surface area contributed by atoms with Gasteiger partial charge < -0.3 is 25.0 Å². The van der Waals surface area contributed by atoms with Crippen molar-refractivity contribution in [1.29, 1.82) is 0 Å². The summed E-state index contributed by atoms with van der Waals surface area (Å²) in [5.41, 5.74) is 6.71. The smallest absolute Gasteiger partial charge is 0.259 e. The van der Waals surface area contributed by atoms with Crippen molar-refractivity contribution in [2.24, 2.45) is 5.73 Å². The second-order valence-corrected chi connectivity index (χ2v) is 6.89. The van der Waals surface area contributed by atoms with Crippen molar-refractivity contribution in [2.45, 2.75) is 18.9 Å². The van der Waals surface area contributed by atoms with Crippen LogP contribution in [0, 0.1) is 0 Å². The molecule has 1 amide bonds. The molecule has 3 N–H and O–H groups in total. The molecule has 0 saturated carbocycles. The van der Waals surface area contributed by atoms with Gasteiger partial charge in [0.05, 0.1) is 14.2 Å². The molecule has 0 saturated heterocycles. The molecule has 0 spiro atoms. The molecule has 0 fully saturated rings. The van der Waals surface area contributed by atoms with Crippen molar-refractivity contribution in [3.8, 4) is 22.9 Å². The first-order chi connectivity index (χ1) is 14.6. The molecule has 3 aromatic rings. The molecule has 2 aromatic carbocycles. The van der Waals surface area contributed by atoms with E-state index in [0.29, 0.717) is 41.7 Å². The Morgan fingerprint density at radius 2 is 1.83 bits per heavy atom. The number of nitrogens with two attached hydrogens (primary N) is 1. The van der Waals surface area contributed by atoms with E-state index in [0.717, 1.165) is 5.56 Å². The standard InChI is InChI=1S/C21H23ClN4O4/c1-28-16-6-3-7-17(29-2)18(16)20(27)24-15(5-4-12-23)21-25-19(26-30-21)13-8-10-14(22)11-9-13/h3,6-11,15H,4-5,12,23H2,1-2H3,(H,24,27)/t15-/m0/s1. The third kappa shape index (κ3) is 4.90. The van der Waals surface area contributed by atoms with Crippen LogP contribution in [0.5, 0.6) is 11.5 Å². The molecule has 30 heavy (non-hydrogen) atoms. The van der Waals surface area contributed by atoms with Crippen molar-refractivity contribution in [3.05, 3.63) is 58.9 Å². The summed E-state index contributed by atoms with van der Waals surface area (Å²) in [5, 5.41) is 7.58. The van der Waals surface area contributed by atoms with Gasteiger partial charge >= 0.3 is 0 Å². The van der Waals surface area contributed by atoms with Crippen LogP contribution in [0.2, 0.25) is 5.02 Å². The number of hydrogen-bond acceptors (Lipinski definition) is 7. The van der Waals surface area contributed by atoms with E-state index in [1.165, 1.54) is 14.2 Å². The molecule has 9 heteroatoms. The second-order valence-electron chi connectivity index (χ2n) is 6.46. The first kappa shape index (κ1) is 21.6. The molecular formula is C21H23ClN4O4. The topological polar surface area (TPSA) is 112 Å². The van der Waals surface area contributed by atoms with E-state index < -0.39 is 6.04 Å². The average molecular weight is 431 g/mol. The van der Waals surface area contributed by atoms with Gasteiger partial charge in [0.2, 0.25) is 11.7 Å². The Morgan fingerprint density at radius 3 is 2.43 bits per heavy atom. The van der Waals surface area contributed by atoms with E-state index in [9.17, 15) is 4.79 Å². The number of nitrogens with one attached hydrogen (secondary N) is 1. The van der Waals surface area contributed by atoms with Gasteiger partial charge in [0.15, 0.2) is 0 Å². The lowest BCUT2D eigenvalue weighted by atomic mass is 10.1. The molecule has 0 aliphatic rings. The lowest BCUT2D eigenvalue weighted by Gasteiger charge is -2.17. The van der Waals surface area contributed by atoms with Gasteiger partial charge in [-0.05, 0) is 55.8 Å². The predicted molar refractivity (Wildman–Crippen MR) is 113 cm³/mol. The lowest BCUT2D eigenvalue weighted by Crippen LogP contribution is -2.30. The van der Waals surface area contributed by atoms with Crippen LogP contribution in [0.4, 0.5) is 0 Å². The number of methoxy groups -OCH3 is 2. The van der Waals surface area contributed by atoms with Crippen LogP contribution in [0.25, 0.3) is 11.4 Å². The van der Waals surface area contributed by atoms with Crippen molar-refractivity contribution < 1.29 is 18.8 Å². The molecule has 1 heterocycles. The van der Waals surface area contributed by atoms with Crippen molar-refractivity contribution in [1.82, 2.24) is 15.5 Å². The summed E-state index contributed by atoms with van der Waals surface area (Å²) in [7, 11) is 2.99. The van der Waals surface area contributed by atoms with Gasteiger partial charge in [-0.1, -0.05) is 22.8 Å². The number of hydrogen-bond donors (Lipinski definition) is 2. The molecule has 0 radical (unpaired) electrons. The zero-order valence-electron chi connectivity index (χ0n) is 16.7.